The summed E-state index contributed by atoms with van der Waals surface area (Å²) in [5.74, 6) is 0.468. The molecule has 0 aromatic heterocycles. The summed E-state index contributed by atoms with van der Waals surface area (Å²) >= 11 is 1.30. The van der Waals surface area contributed by atoms with Gasteiger partial charge in [-0.3, -0.25) is 6.08 Å². The van der Waals surface area contributed by atoms with E-state index in [0.717, 1.165) is 6.42 Å². The number of fused-ring (bicyclic) bond motifs is 3. The smallest absolute Gasteiger partial charge is 0.358 e. The van der Waals surface area contributed by atoms with Crippen LogP contribution in [0, 0.1) is 38.5 Å². The largest absolute Gasteiger partial charge is 0.358 e. The number of aryl methyl sites for hydroxylation is 1. The van der Waals surface area contributed by atoms with Gasteiger partial charge in [-0.2, -0.15) is 76.9 Å². The van der Waals surface area contributed by atoms with E-state index in [9.17, 15) is 0 Å². The molecule has 2 aliphatic carbocycles. The number of halogens is 2. The topological polar surface area (TPSA) is 0 Å². The van der Waals surface area contributed by atoms with Gasteiger partial charge in [-0.15, -0.1) is 35.9 Å². The quantitative estimate of drug-likeness (QED) is 0.151. The summed E-state index contributed by atoms with van der Waals surface area (Å²) in [4.78, 5) is 0. The first-order valence-electron chi connectivity index (χ1n) is 15.2. The van der Waals surface area contributed by atoms with Gasteiger partial charge in [0.15, 0.2) is 0 Å². The minimum Gasteiger partial charge on any atom is -0.358 e. The molecule has 0 aliphatic heterocycles. The predicted molar refractivity (Wildman–Crippen MR) is 205 cm³/mol. The van der Waals surface area contributed by atoms with E-state index >= 15 is 0 Å². The molecule has 0 heterocycles. The summed E-state index contributed by atoms with van der Waals surface area (Å²) in [5, 5.41) is 0. The molecule has 6 rings (SSSR count). The van der Waals surface area contributed by atoms with Crippen molar-refractivity contribution in [3.8, 4) is 11.1 Å². The molecular formula is C43H52Cl2Zr-4. The average Bonchev–Trinajstić information content (AvgIpc) is 3.52. The summed E-state index contributed by atoms with van der Waals surface area (Å²) in [7, 11) is 0. The minimum atomic E-state index is 0. The van der Waals surface area contributed by atoms with Gasteiger partial charge in [0.25, 0.3) is 0 Å². The zero-order chi connectivity index (χ0) is 31.8. The van der Waals surface area contributed by atoms with Crippen LogP contribution >= 0.6 is 24.8 Å². The maximum atomic E-state index is 3.53. The van der Waals surface area contributed by atoms with E-state index in [4.69, 9.17) is 0 Å². The fourth-order valence-electron chi connectivity index (χ4n) is 5.22. The average molecular weight is 731 g/mol. The van der Waals surface area contributed by atoms with Crippen LogP contribution in [-0.4, -0.2) is 4.21 Å². The number of allylic oxidation sites excluding steroid dienone is 4. The first-order valence-corrected chi connectivity index (χ1v) is 16.9. The summed E-state index contributed by atoms with van der Waals surface area (Å²) in [6, 6.07) is 36.4. The van der Waals surface area contributed by atoms with Crippen LogP contribution in [0.1, 0.15) is 88.8 Å². The Balaban J connectivity index is 0.000000696. The third-order valence-corrected chi connectivity index (χ3v) is 7.76. The Morgan fingerprint density at radius 1 is 0.761 bits per heavy atom. The van der Waals surface area contributed by atoms with Crippen LogP contribution in [0.25, 0.3) is 16.7 Å². The second kappa shape index (κ2) is 19.5. The molecule has 4 aromatic carbocycles. The molecule has 2 aliphatic rings. The molecule has 0 fully saturated rings. The van der Waals surface area contributed by atoms with Gasteiger partial charge in [0.1, 0.15) is 0 Å². The van der Waals surface area contributed by atoms with E-state index in [1.54, 1.807) is 0 Å². The Labute approximate surface area is 309 Å². The van der Waals surface area contributed by atoms with Crippen LogP contribution in [-0.2, 0) is 41.5 Å². The van der Waals surface area contributed by atoms with E-state index in [-0.39, 0.29) is 43.1 Å². The summed E-state index contributed by atoms with van der Waals surface area (Å²) in [6.07, 6.45) is 6.69. The van der Waals surface area contributed by atoms with Gasteiger partial charge < -0.3 is 7.43 Å². The number of hydrogen-bond acceptors (Lipinski definition) is 0. The van der Waals surface area contributed by atoms with Crippen molar-refractivity contribution in [3.05, 3.63) is 156 Å². The second-order valence-electron chi connectivity index (χ2n) is 13.4. The maximum Gasteiger partial charge on any atom is -0.358 e. The van der Waals surface area contributed by atoms with Crippen molar-refractivity contribution in [2.24, 2.45) is 5.92 Å². The molecule has 46 heavy (non-hydrogen) atoms. The zero-order valence-electron chi connectivity index (χ0n) is 29.5. The molecule has 0 spiro atoms. The molecule has 0 bridgehead atoms. The van der Waals surface area contributed by atoms with Gasteiger partial charge in [0.05, 0.1) is 0 Å². The second-order valence-corrected chi connectivity index (χ2v) is 13.4. The Bertz CT molecular complexity index is 1490. The van der Waals surface area contributed by atoms with Gasteiger partial charge in [-0.25, -0.2) is 5.57 Å². The van der Waals surface area contributed by atoms with Gasteiger partial charge in [-0.1, -0.05) is 133 Å². The van der Waals surface area contributed by atoms with E-state index in [2.05, 4.69) is 145 Å². The maximum absolute atomic E-state index is 3.53. The van der Waals surface area contributed by atoms with Crippen LogP contribution in [0.5, 0.6) is 0 Å². The standard InChI is InChI=1S/C21H25.C13H13.C7H7.CH3.CH2.2ClH.Zr/c1-20(2,3)16-9-7-14-11-15-8-10-17(21(4,5)6)13-19(15)18(14)12-16;1-10-8-11(2)13(9-10)12-6-4-3-5-7-12;1-7-5-3-2-4-6-7;;;;;/h7,9-10,12-13H,11H2,1-6H3;3-7,9-10H,1-2H3;3-6H,1H3;1H3;1H2;2*1H;/q4*-1;;;;. The van der Waals surface area contributed by atoms with Crippen LogP contribution in [0.2, 0.25) is 0 Å². The third-order valence-electron chi connectivity index (χ3n) is 7.76. The van der Waals surface area contributed by atoms with Crippen molar-refractivity contribution in [2.75, 3.05) is 0 Å². The molecule has 1 atom stereocenters. The van der Waals surface area contributed by atoms with Crippen LogP contribution < -0.4 is 0 Å². The molecule has 0 radical (unpaired) electrons. The van der Waals surface area contributed by atoms with Crippen molar-refractivity contribution in [2.45, 2.75) is 79.6 Å². The summed E-state index contributed by atoms with van der Waals surface area (Å²) in [6.45, 7) is 20.0. The van der Waals surface area contributed by atoms with E-state index < -0.39 is 0 Å². The molecular weight excluding hydrogens is 679 g/mol. The van der Waals surface area contributed by atoms with Gasteiger partial charge in [-0.05, 0) is 17.4 Å². The monoisotopic (exact) mass is 728 g/mol. The SMILES string of the molecule is CC(C)(C)c1c[c-]c2c(c1)-c1cc(C(C)(C)C)ccc1C2.CC1=[C-]C(C)C=C1c1ccccc1.Cc1cc[c-]cc1.Cl.Cl.[CH2]=[Zr].[CH3-]. The van der Waals surface area contributed by atoms with E-state index in [1.807, 2.05) is 30.3 Å². The molecule has 0 saturated carbocycles. The van der Waals surface area contributed by atoms with Crippen LogP contribution in [0.15, 0.2) is 96.6 Å². The van der Waals surface area contributed by atoms with Gasteiger partial charge in [0.2, 0.25) is 0 Å². The number of hydrogen-bond donors (Lipinski definition) is 0. The summed E-state index contributed by atoms with van der Waals surface area (Å²) in [5.41, 5.74) is 14.0. The molecule has 4 aromatic rings. The molecule has 1 unspecified atom stereocenters. The fourth-order valence-corrected chi connectivity index (χ4v) is 5.22. The van der Waals surface area contributed by atoms with Crippen molar-refractivity contribution in [1.29, 1.82) is 0 Å². The van der Waals surface area contributed by atoms with Gasteiger partial charge >= 0.3 is 28.4 Å². The Morgan fingerprint density at radius 3 is 1.80 bits per heavy atom. The number of rotatable bonds is 1. The first kappa shape index (κ1) is 43.7. The first-order chi connectivity index (χ1) is 20.3. The van der Waals surface area contributed by atoms with Crippen molar-refractivity contribution in [3.63, 3.8) is 0 Å². The molecule has 0 nitrogen and oxygen atoms in total. The third kappa shape index (κ3) is 12.1. The molecule has 0 amide bonds. The fraction of sp³-hybridized carbons (Fsp3) is 0.302. The normalized spacial score (nSPS) is 13.8. The minimum absolute atomic E-state index is 0. The van der Waals surface area contributed by atoms with E-state index in [0.29, 0.717) is 5.92 Å². The Hall–Kier alpha value is -2.31. The molecule has 0 saturated heterocycles. The van der Waals surface area contributed by atoms with Crippen molar-refractivity contribution >= 4 is 34.6 Å². The van der Waals surface area contributed by atoms with Crippen LogP contribution in [0.3, 0.4) is 0 Å². The van der Waals surface area contributed by atoms with Gasteiger partial charge in [0, 0.05) is 0 Å². The summed E-state index contributed by atoms with van der Waals surface area (Å²) < 4.78 is 3.34. The van der Waals surface area contributed by atoms with E-state index in [1.165, 1.54) is 79.9 Å². The van der Waals surface area contributed by atoms with Crippen LogP contribution in [0.4, 0.5) is 0 Å². The predicted octanol–water partition coefficient (Wildman–Crippen LogP) is 12.2. The number of benzene rings is 4. The van der Waals surface area contributed by atoms with Crippen molar-refractivity contribution < 1.29 is 24.2 Å². The Kier molecular flexibility index (Phi) is 18.5. The molecule has 0 N–H and O–H groups in total. The molecule has 3 heteroatoms. The molecule has 246 valence electrons. The van der Waals surface area contributed by atoms with Crippen molar-refractivity contribution in [1.82, 2.24) is 0 Å². The zero-order valence-corrected chi connectivity index (χ0v) is 33.6. The Morgan fingerprint density at radius 2 is 1.33 bits per heavy atom.